The summed E-state index contributed by atoms with van der Waals surface area (Å²) >= 11 is 0. The van der Waals surface area contributed by atoms with E-state index in [0.29, 0.717) is 36.6 Å². The van der Waals surface area contributed by atoms with Gasteiger partial charge in [-0.25, -0.2) is 0 Å². The number of hydrogen-bond donors (Lipinski definition) is 4. The number of nitrogens with one attached hydrogen (secondary N) is 4. The Bertz CT molecular complexity index is 633. The smallest absolute Gasteiger partial charge is 0.222 e. The number of carbonyl (C=O) groups excluding carboxylic acids is 2. The fourth-order valence-electron chi connectivity index (χ4n) is 4.39. The van der Waals surface area contributed by atoms with Crippen LogP contribution in [0.2, 0.25) is 0 Å². The highest BCUT2D eigenvalue weighted by molar-refractivity contribution is 5.78. The fourth-order valence-corrected chi connectivity index (χ4v) is 4.39. The monoisotopic (exact) mass is 510 g/mol. The van der Waals surface area contributed by atoms with E-state index in [1.807, 2.05) is 0 Å². The van der Waals surface area contributed by atoms with Crippen molar-refractivity contribution in [1.29, 1.82) is 0 Å². The van der Waals surface area contributed by atoms with E-state index in [4.69, 9.17) is 0 Å². The maximum absolute atomic E-state index is 12.1. The Hall–Kier alpha value is -1.14. The minimum absolute atomic E-state index is 0.0208. The molecule has 36 heavy (non-hydrogen) atoms. The van der Waals surface area contributed by atoms with Gasteiger partial charge in [-0.3, -0.25) is 9.59 Å². The highest BCUT2D eigenvalue weighted by Gasteiger charge is 2.29. The lowest BCUT2D eigenvalue weighted by atomic mass is 9.72. The molecule has 214 valence electrons. The summed E-state index contributed by atoms with van der Waals surface area (Å²) in [6, 6.07) is 0. The molecule has 6 nitrogen and oxygen atoms in total. The van der Waals surface area contributed by atoms with E-state index in [-0.39, 0.29) is 34.7 Å². The fraction of sp³-hybridized carbons (Fsp3) is 0.933. The third-order valence-corrected chi connectivity index (χ3v) is 6.81. The molecule has 0 aromatic rings. The average molecular weight is 511 g/mol. The number of amides is 2. The largest absolute Gasteiger partial charge is 0.339 e. The van der Waals surface area contributed by atoms with Crippen molar-refractivity contribution in [2.45, 2.75) is 115 Å². The molecule has 0 heterocycles. The minimum Gasteiger partial charge on any atom is -0.339 e. The molecule has 0 rings (SSSR count). The van der Waals surface area contributed by atoms with Crippen LogP contribution in [0.15, 0.2) is 0 Å². The molecule has 0 bridgehead atoms. The number of rotatable bonds is 15. The van der Waals surface area contributed by atoms with Gasteiger partial charge in [0.1, 0.15) is 0 Å². The Kier molecular flexibility index (Phi) is 14.8. The molecule has 0 aliphatic carbocycles. The van der Waals surface area contributed by atoms with E-state index in [1.54, 1.807) is 0 Å². The van der Waals surface area contributed by atoms with Gasteiger partial charge >= 0.3 is 0 Å². The Morgan fingerprint density at radius 1 is 0.583 bits per heavy atom. The molecule has 0 aromatic carbocycles. The van der Waals surface area contributed by atoms with Crippen LogP contribution in [0.3, 0.4) is 0 Å². The zero-order valence-electron chi connectivity index (χ0n) is 26.0. The highest BCUT2D eigenvalue weighted by Crippen LogP contribution is 2.36. The summed E-state index contributed by atoms with van der Waals surface area (Å²) in [5.41, 5.74) is 1.07. The van der Waals surface area contributed by atoms with Gasteiger partial charge in [-0.1, -0.05) is 83.1 Å². The van der Waals surface area contributed by atoms with E-state index in [1.165, 1.54) is 6.42 Å². The normalized spacial score (nSPS) is 14.9. The Morgan fingerprint density at radius 2 is 0.972 bits per heavy atom. The first-order valence-electron chi connectivity index (χ1n) is 14.2. The van der Waals surface area contributed by atoms with Crippen molar-refractivity contribution >= 4 is 11.8 Å². The van der Waals surface area contributed by atoms with Crippen LogP contribution in [0.5, 0.6) is 0 Å². The summed E-state index contributed by atoms with van der Waals surface area (Å²) in [5.74, 6) is 1.08. The van der Waals surface area contributed by atoms with Gasteiger partial charge in [0.25, 0.3) is 0 Å². The SMILES string of the molecule is CC(C)(C)CC(CNCCCC(=O)NCNC(=O)CCNCC(CC(C)(C)C)C(C)(C)C)C(C)(C)C. The standard InChI is InChI=1S/C30H62N4O2/c1-27(2,3)18-23(29(7,8)9)20-31-16-13-14-25(35)33-22-34-26(36)15-17-32-21-24(30(10,11)12)19-28(4,5)6/h23-24,31-32H,13-22H2,1-12H3,(H,33,35)(H,34,36). The van der Waals surface area contributed by atoms with Crippen LogP contribution in [-0.4, -0.2) is 44.7 Å². The molecule has 0 aliphatic heterocycles. The van der Waals surface area contributed by atoms with E-state index in [0.717, 1.165) is 32.5 Å². The van der Waals surface area contributed by atoms with Crippen LogP contribution in [0, 0.1) is 33.5 Å². The third-order valence-electron chi connectivity index (χ3n) is 6.81. The summed E-state index contributed by atoms with van der Waals surface area (Å²) < 4.78 is 0. The van der Waals surface area contributed by atoms with E-state index < -0.39 is 0 Å². The van der Waals surface area contributed by atoms with Crippen molar-refractivity contribution in [2.24, 2.45) is 33.5 Å². The quantitative estimate of drug-likeness (QED) is 0.168. The molecule has 0 radical (unpaired) electrons. The van der Waals surface area contributed by atoms with Crippen LogP contribution >= 0.6 is 0 Å². The third kappa shape index (κ3) is 19.0. The van der Waals surface area contributed by atoms with Crippen LogP contribution in [-0.2, 0) is 9.59 Å². The molecule has 0 fully saturated rings. The van der Waals surface area contributed by atoms with Gasteiger partial charge in [0.2, 0.25) is 11.8 Å². The first kappa shape index (κ1) is 34.9. The van der Waals surface area contributed by atoms with Crippen LogP contribution in [0.4, 0.5) is 0 Å². The Labute approximate surface area is 224 Å². The van der Waals surface area contributed by atoms with Crippen molar-refractivity contribution in [3.8, 4) is 0 Å². The van der Waals surface area contributed by atoms with Gasteiger partial charge in [-0.15, -0.1) is 0 Å². The molecule has 0 saturated heterocycles. The second-order valence-corrected chi connectivity index (χ2v) is 15.3. The summed E-state index contributed by atoms with van der Waals surface area (Å²) in [5, 5.41) is 12.6. The lowest BCUT2D eigenvalue weighted by molar-refractivity contribution is -0.122. The summed E-state index contributed by atoms with van der Waals surface area (Å²) in [7, 11) is 0. The van der Waals surface area contributed by atoms with Gasteiger partial charge in [0.15, 0.2) is 0 Å². The highest BCUT2D eigenvalue weighted by atomic mass is 16.2. The first-order chi connectivity index (χ1) is 16.2. The van der Waals surface area contributed by atoms with Crippen LogP contribution in [0.25, 0.3) is 0 Å². The summed E-state index contributed by atoms with van der Waals surface area (Å²) in [6.07, 6.45) is 3.99. The molecule has 4 N–H and O–H groups in total. The zero-order valence-corrected chi connectivity index (χ0v) is 26.0. The second kappa shape index (κ2) is 15.3. The van der Waals surface area contributed by atoms with Crippen molar-refractivity contribution in [3.05, 3.63) is 0 Å². The molecule has 6 heteroatoms. The Morgan fingerprint density at radius 3 is 1.36 bits per heavy atom. The maximum atomic E-state index is 12.1. The van der Waals surface area contributed by atoms with E-state index in [2.05, 4.69) is 104 Å². The van der Waals surface area contributed by atoms with Crippen LogP contribution in [0.1, 0.15) is 115 Å². The van der Waals surface area contributed by atoms with Gasteiger partial charge in [-0.05, 0) is 72.4 Å². The van der Waals surface area contributed by atoms with E-state index >= 15 is 0 Å². The van der Waals surface area contributed by atoms with Crippen molar-refractivity contribution in [2.75, 3.05) is 32.8 Å². The molecule has 0 spiro atoms. The molecular weight excluding hydrogens is 448 g/mol. The van der Waals surface area contributed by atoms with Crippen molar-refractivity contribution in [1.82, 2.24) is 21.3 Å². The predicted octanol–water partition coefficient (Wildman–Crippen LogP) is 5.72. The molecule has 0 aliphatic rings. The topological polar surface area (TPSA) is 82.3 Å². The van der Waals surface area contributed by atoms with Gasteiger partial charge in [0, 0.05) is 19.4 Å². The summed E-state index contributed by atoms with van der Waals surface area (Å²) in [6.45, 7) is 31.0. The molecule has 2 atom stereocenters. The number of carbonyl (C=O) groups is 2. The average Bonchev–Trinajstić information content (AvgIpc) is 2.65. The lowest BCUT2D eigenvalue weighted by Gasteiger charge is -2.36. The zero-order chi connectivity index (χ0) is 28.2. The summed E-state index contributed by atoms with van der Waals surface area (Å²) in [4.78, 5) is 24.2. The molecule has 0 saturated carbocycles. The minimum atomic E-state index is -0.0420. The molecule has 0 aromatic heterocycles. The molecule has 2 unspecified atom stereocenters. The van der Waals surface area contributed by atoms with E-state index in [9.17, 15) is 9.59 Å². The first-order valence-corrected chi connectivity index (χ1v) is 14.2. The maximum Gasteiger partial charge on any atom is 0.222 e. The van der Waals surface area contributed by atoms with Gasteiger partial charge < -0.3 is 21.3 Å². The van der Waals surface area contributed by atoms with Crippen molar-refractivity contribution < 1.29 is 9.59 Å². The van der Waals surface area contributed by atoms with Crippen molar-refractivity contribution in [3.63, 3.8) is 0 Å². The van der Waals surface area contributed by atoms with Gasteiger partial charge in [0.05, 0.1) is 6.67 Å². The lowest BCUT2D eigenvalue weighted by Crippen LogP contribution is -2.39. The van der Waals surface area contributed by atoms with Gasteiger partial charge in [-0.2, -0.15) is 0 Å². The Balaban J connectivity index is 4.05. The van der Waals surface area contributed by atoms with Crippen LogP contribution < -0.4 is 21.3 Å². The molecular formula is C30H62N4O2. The predicted molar refractivity (Wildman–Crippen MR) is 155 cm³/mol. The second-order valence-electron chi connectivity index (χ2n) is 15.3. The number of hydrogen-bond acceptors (Lipinski definition) is 4. The molecule has 2 amide bonds.